The van der Waals surface area contributed by atoms with Gasteiger partial charge < -0.3 is 23.7 Å². The lowest BCUT2D eigenvalue weighted by Crippen LogP contribution is -2.56. The minimum atomic E-state index is -0.947. The Morgan fingerprint density at radius 2 is 1.57 bits per heavy atom. The molecule has 0 radical (unpaired) electrons. The maximum Gasteiger partial charge on any atom is 0.312 e. The fourth-order valence-corrected chi connectivity index (χ4v) is 3.16. The molecule has 1 saturated heterocycles. The minimum absolute atomic E-state index is 0.130. The molecule has 0 amide bonds. The Hall–Kier alpha value is -1.67. The Kier molecular flexibility index (Phi) is 4.95. The van der Waals surface area contributed by atoms with Crippen molar-refractivity contribution in [2.45, 2.75) is 64.3 Å². The van der Waals surface area contributed by atoms with E-state index in [1.807, 2.05) is 0 Å². The summed E-state index contributed by atoms with van der Waals surface area (Å²) in [7, 11) is 1.25. The van der Waals surface area contributed by atoms with E-state index in [2.05, 4.69) is 0 Å². The van der Waals surface area contributed by atoms with E-state index in [4.69, 9.17) is 23.7 Å². The maximum absolute atomic E-state index is 12.1. The molecule has 0 aromatic heterocycles. The van der Waals surface area contributed by atoms with Gasteiger partial charge in [-0.05, 0) is 13.8 Å². The summed E-state index contributed by atoms with van der Waals surface area (Å²) in [6, 6.07) is 0. The summed E-state index contributed by atoms with van der Waals surface area (Å²) in [4.78, 5) is 34.9. The Bertz CT molecular complexity index is 500. The van der Waals surface area contributed by atoms with Crippen molar-refractivity contribution in [1.82, 2.24) is 0 Å². The van der Waals surface area contributed by atoms with Gasteiger partial charge in [0.15, 0.2) is 5.79 Å². The van der Waals surface area contributed by atoms with Crippen molar-refractivity contribution < 1.29 is 38.1 Å². The summed E-state index contributed by atoms with van der Waals surface area (Å²) in [5, 5.41) is 0. The highest BCUT2D eigenvalue weighted by Gasteiger charge is 2.58. The van der Waals surface area contributed by atoms with Crippen LogP contribution >= 0.6 is 0 Å². The van der Waals surface area contributed by atoms with Gasteiger partial charge in [0.05, 0.1) is 7.11 Å². The molecule has 8 nitrogen and oxygen atoms in total. The topological polar surface area (TPSA) is 97.4 Å². The van der Waals surface area contributed by atoms with Crippen LogP contribution in [0.15, 0.2) is 0 Å². The number of fused-ring (bicyclic) bond motifs is 1. The molecule has 0 spiro atoms. The van der Waals surface area contributed by atoms with Crippen molar-refractivity contribution in [3.63, 3.8) is 0 Å². The molecule has 2 fully saturated rings. The second-order valence-corrected chi connectivity index (χ2v) is 6.15. The summed E-state index contributed by atoms with van der Waals surface area (Å²) < 4.78 is 27.0. The van der Waals surface area contributed by atoms with Crippen molar-refractivity contribution in [3.8, 4) is 0 Å². The van der Waals surface area contributed by atoms with Gasteiger partial charge in [0.2, 0.25) is 0 Å². The summed E-state index contributed by atoms with van der Waals surface area (Å²) in [5.74, 6) is -3.33. The second kappa shape index (κ2) is 6.45. The number of carbonyl (C=O) groups excluding carboxylic acids is 3. The van der Waals surface area contributed by atoms with Crippen LogP contribution in [0.3, 0.4) is 0 Å². The van der Waals surface area contributed by atoms with Gasteiger partial charge in [-0.1, -0.05) is 0 Å². The van der Waals surface area contributed by atoms with Gasteiger partial charge in [-0.25, -0.2) is 0 Å². The van der Waals surface area contributed by atoms with Crippen molar-refractivity contribution in [3.05, 3.63) is 0 Å². The van der Waals surface area contributed by atoms with Crippen LogP contribution in [0.2, 0.25) is 0 Å². The average molecular weight is 330 g/mol. The molecular formula is C15H22O8. The zero-order chi connectivity index (χ0) is 17.4. The number of rotatable bonds is 3. The number of hydrogen-bond donors (Lipinski definition) is 0. The third-order valence-electron chi connectivity index (χ3n) is 3.86. The van der Waals surface area contributed by atoms with Crippen molar-refractivity contribution in [2.24, 2.45) is 5.92 Å². The third-order valence-corrected chi connectivity index (χ3v) is 3.86. The van der Waals surface area contributed by atoms with Crippen LogP contribution in [0.4, 0.5) is 0 Å². The first kappa shape index (κ1) is 17.7. The van der Waals surface area contributed by atoms with Gasteiger partial charge in [0.25, 0.3) is 0 Å². The van der Waals surface area contributed by atoms with Crippen LogP contribution in [-0.4, -0.2) is 55.2 Å². The first-order chi connectivity index (χ1) is 10.6. The SMILES string of the molecule is COC(=O)[C@H]1C[C@@H](OC(C)=O)[C@H]2OC(C)(C)O[C@@H]2[C@H]1OC(C)=O. The van der Waals surface area contributed by atoms with Crippen molar-refractivity contribution in [2.75, 3.05) is 7.11 Å². The summed E-state index contributed by atoms with van der Waals surface area (Å²) >= 11 is 0. The fraction of sp³-hybridized carbons (Fsp3) is 0.800. The molecule has 2 rings (SSSR count). The lowest BCUT2D eigenvalue weighted by molar-refractivity contribution is -0.188. The number of hydrogen-bond acceptors (Lipinski definition) is 8. The summed E-state index contributed by atoms with van der Waals surface area (Å²) in [5.41, 5.74) is 0. The second-order valence-electron chi connectivity index (χ2n) is 6.15. The van der Waals surface area contributed by atoms with Gasteiger partial charge >= 0.3 is 17.9 Å². The zero-order valence-corrected chi connectivity index (χ0v) is 13.9. The molecule has 1 saturated carbocycles. The Balaban J connectivity index is 2.34. The molecule has 0 N–H and O–H groups in total. The van der Waals surface area contributed by atoms with E-state index in [9.17, 15) is 14.4 Å². The van der Waals surface area contributed by atoms with E-state index in [-0.39, 0.29) is 6.42 Å². The number of esters is 3. The highest BCUT2D eigenvalue weighted by molar-refractivity contribution is 5.75. The fourth-order valence-electron chi connectivity index (χ4n) is 3.16. The van der Waals surface area contributed by atoms with E-state index >= 15 is 0 Å². The monoisotopic (exact) mass is 330 g/mol. The predicted molar refractivity (Wildman–Crippen MR) is 75.1 cm³/mol. The smallest absolute Gasteiger partial charge is 0.312 e. The van der Waals surface area contributed by atoms with Gasteiger partial charge in [-0.3, -0.25) is 14.4 Å². The molecule has 0 unspecified atom stereocenters. The van der Waals surface area contributed by atoms with Gasteiger partial charge in [0, 0.05) is 20.3 Å². The van der Waals surface area contributed by atoms with Gasteiger partial charge in [0.1, 0.15) is 30.3 Å². The molecule has 0 aromatic carbocycles. The van der Waals surface area contributed by atoms with Crippen LogP contribution < -0.4 is 0 Å². The van der Waals surface area contributed by atoms with E-state index in [1.54, 1.807) is 13.8 Å². The lowest BCUT2D eigenvalue weighted by Gasteiger charge is -2.39. The number of ether oxygens (including phenoxy) is 5. The van der Waals surface area contributed by atoms with Crippen LogP contribution in [0.25, 0.3) is 0 Å². The van der Waals surface area contributed by atoms with Crippen molar-refractivity contribution in [1.29, 1.82) is 0 Å². The first-order valence-corrected chi connectivity index (χ1v) is 7.42. The van der Waals surface area contributed by atoms with Gasteiger partial charge in [-0.15, -0.1) is 0 Å². The quantitative estimate of drug-likeness (QED) is 0.547. The van der Waals surface area contributed by atoms with Crippen LogP contribution in [0.1, 0.15) is 34.1 Å². The van der Waals surface area contributed by atoms with Gasteiger partial charge in [-0.2, -0.15) is 0 Å². The molecule has 8 heteroatoms. The number of carbonyl (C=O) groups is 3. The molecule has 23 heavy (non-hydrogen) atoms. The first-order valence-electron chi connectivity index (χ1n) is 7.42. The van der Waals surface area contributed by atoms with Crippen LogP contribution in [0.5, 0.6) is 0 Å². The average Bonchev–Trinajstić information content (AvgIpc) is 2.75. The van der Waals surface area contributed by atoms with E-state index in [0.29, 0.717) is 0 Å². The van der Waals surface area contributed by atoms with E-state index in [1.165, 1.54) is 21.0 Å². The highest BCUT2D eigenvalue weighted by atomic mass is 16.8. The Morgan fingerprint density at radius 3 is 2.09 bits per heavy atom. The molecule has 0 aromatic rings. The van der Waals surface area contributed by atoms with E-state index in [0.717, 1.165) is 0 Å². The molecular weight excluding hydrogens is 308 g/mol. The van der Waals surface area contributed by atoms with Crippen LogP contribution in [-0.2, 0) is 38.1 Å². The lowest BCUT2D eigenvalue weighted by atomic mass is 9.80. The largest absolute Gasteiger partial charge is 0.469 e. The summed E-state index contributed by atoms with van der Waals surface area (Å²) in [6.07, 6.45) is -2.77. The molecule has 1 aliphatic carbocycles. The molecule has 130 valence electrons. The van der Waals surface area contributed by atoms with E-state index < -0.39 is 54.0 Å². The molecule has 2 aliphatic rings. The molecule has 5 atom stereocenters. The Labute approximate surface area is 134 Å². The third kappa shape index (κ3) is 3.81. The standard InChI is InChI=1S/C15H22O8/c1-7(16)20-10-6-9(14(18)19-5)11(21-8(2)17)13-12(10)22-15(3,4)23-13/h9-13H,6H2,1-5H3/t9-,10+,11-,12+,13+/m0/s1. The normalized spacial score (nSPS) is 35.1. The van der Waals surface area contributed by atoms with Crippen molar-refractivity contribution >= 4 is 17.9 Å². The highest BCUT2D eigenvalue weighted by Crippen LogP contribution is 2.42. The minimum Gasteiger partial charge on any atom is -0.469 e. The zero-order valence-electron chi connectivity index (χ0n) is 13.9. The Morgan fingerprint density at radius 1 is 1.00 bits per heavy atom. The predicted octanol–water partition coefficient (Wildman–Crippen LogP) is 0.563. The van der Waals surface area contributed by atoms with Crippen LogP contribution in [0, 0.1) is 5.92 Å². The summed E-state index contributed by atoms with van der Waals surface area (Å²) in [6.45, 7) is 5.94. The molecule has 1 heterocycles. The maximum atomic E-state index is 12.1. The molecule has 1 aliphatic heterocycles. The molecule has 0 bridgehead atoms. The number of methoxy groups -OCH3 is 1.